The van der Waals surface area contributed by atoms with Crippen molar-refractivity contribution in [2.24, 2.45) is 0 Å². The Morgan fingerprint density at radius 2 is 1.69 bits per heavy atom. The zero-order chi connectivity index (χ0) is 25.8. The first-order valence-corrected chi connectivity index (χ1v) is 11.6. The van der Waals surface area contributed by atoms with E-state index in [9.17, 15) is 19.5 Å². The van der Waals surface area contributed by atoms with Crippen LogP contribution >= 0.6 is 11.6 Å². The van der Waals surface area contributed by atoms with Gasteiger partial charge in [0, 0.05) is 21.7 Å². The molecule has 0 aliphatic carbocycles. The second-order valence-corrected chi connectivity index (χ2v) is 8.69. The summed E-state index contributed by atoms with van der Waals surface area (Å²) in [6.07, 6.45) is -0.141. The number of carboxylic acid groups (broad SMARTS) is 1. The van der Waals surface area contributed by atoms with Gasteiger partial charge in [0.15, 0.2) is 0 Å². The molecule has 0 aliphatic rings. The molecule has 36 heavy (non-hydrogen) atoms. The van der Waals surface area contributed by atoms with E-state index >= 15 is 0 Å². The lowest BCUT2D eigenvalue weighted by Crippen LogP contribution is -2.21. The Hall–Kier alpha value is -4.10. The van der Waals surface area contributed by atoms with Gasteiger partial charge in [-0.15, -0.1) is 0 Å². The van der Waals surface area contributed by atoms with Gasteiger partial charge in [0.25, 0.3) is 5.91 Å². The van der Waals surface area contributed by atoms with Crippen molar-refractivity contribution in [1.29, 1.82) is 0 Å². The first-order chi connectivity index (χ1) is 17.3. The summed E-state index contributed by atoms with van der Waals surface area (Å²) in [4.78, 5) is 38.0. The second kappa shape index (κ2) is 10.7. The maximum Gasteiger partial charge on any atom is 0.314 e. The topological polar surface area (TPSA) is 94.8 Å². The molecule has 4 rings (SSSR count). The molecule has 1 N–H and O–H groups in total. The van der Waals surface area contributed by atoms with Crippen molar-refractivity contribution in [3.8, 4) is 5.75 Å². The fraction of sp³-hybridized carbons (Fsp3) is 0.179. The maximum absolute atomic E-state index is 13.4. The number of esters is 1. The third-order valence-electron chi connectivity index (χ3n) is 6.07. The average Bonchev–Trinajstić information content (AvgIpc) is 3.14. The van der Waals surface area contributed by atoms with Crippen LogP contribution in [0, 0.1) is 6.92 Å². The Morgan fingerprint density at radius 1 is 1.00 bits per heavy atom. The second-order valence-electron chi connectivity index (χ2n) is 8.26. The summed E-state index contributed by atoms with van der Waals surface area (Å²) in [5.74, 6) is -2.36. The Bertz CT molecular complexity index is 1430. The number of benzene rings is 3. The third kappa shape index (κ3) is 5.11. The van der Waals surface area contributed by atoms with E-state index in [0.29, 0.717) is 44.1 Å². The number of aliphatic carboxylic acids is 1. The molecule has 0 aliphatic heterocycles. The van der Waals surface area contributed by atoms with Gasteiger partial charge in [-0.25, -0.2) is 0 Å². The molecule has 0 fully saturated rings. The Morgan fingerprint density at radius 3 is 2.33 bits per heavy atom. The predicted molar refractivity (Wildman–Crippen MR) is 136 cm³/mol. The zero-order valence-electron chi connectivity index (χ0n) is 19.7. The number of fused-ring (bicyclic) bond motifs is 1. The third-order valence-corrected chi connectivity index (χ3v) is 6.32. The van der Waals surface area contributed by atoms with Crippen molar-refractivity contribution in [1.82, 2.24) is 4.57 Å². The van der Waals surface area contributed by atoms with Crippen molar-refractivity contribution in [2.75, 3.05) is 13.7 Å². The number of carbonyl (C=O) groups excluding carboxylic acids is 2. The Balaban J connectivity index is 1.65. The lowest BCUT2D eigenvalue weighted by molar-refractivity contribution is -0.147. The number of hydrogen-bond donors (Lipinski definition) is 1. The highest BCUT2D eigenvalue weighted by molar-refractivity contribution is 6.30. The Labute approximate surface area is 212 Å². The van der Waals surface area contributed by atoms with Crippen LogP contribution in [0.4, 0.5) is 0 Å². The summed E-state index contributed by atoms with van der Waals surface area (Å²) in [5.41, 5.74) is 2.78. The van der Waals surface area contributed by atoms with Gasteiger partial charge >= 0.3 is 11.9 Å². The van der Waals surface area contributed by atoms with Crippen molar-refractivity contribution in [3.05, 3.63) is 100 Å². The largest absolute Gasteiger partial charge is 0.497 e. The van der Waals surface area contributed by atoms with Gasteiger partial charge in [-0.3, -0.25) is 19.0 Å². The van der Waals surface area contributed by atoms with E-state index in [2.05, 4.69) is 0 Å². The number of ether oxygens (including phenoxy) is 2. The highest BCUT2D eigenvalue weighted by atomic mass is 35.5. The van der Waals surface area contributed by atoms with E-state index in [1.54, 1.807) is 84.3 Å². The monoisotopic (exact) mass is 505 g/mol. The standard InChI is InChI=1S/C28H24ClNO6/c1-17-22(15-26(31)36-16-24(28(33)34)18-6-4-3-5-7-18)23-14-21(35-2)12-13-25(23)30(17)27(32)19-8-10-20(29)11-9-19/h3-14,24H,15-16H2,1-2H3,(H,33,34)/t24-/m0/s1. The van der Waals surface area contributed by atoms with E-state index in [0.717, 1.165) is 0 Å². The van der Waals surface area contributed by atoms with E-state index in [-0.39, 0.29) is 18.9 Å². The Kier molecular flexibility index (Phi) is 7.41. The summed E-state index contributed by atoms with van der Waals surface area (Å²) in [5, 5.41) is 10.8. The summed E-state index contributed by atoms with van der Waals surface area (Å²) >= 11 is 5.97. The molecule has 7 nitrogen and oxygen atoms in total. The van der Waals surface area contributed by atoms with Crippen molar-refractivity contribution < 1.29 is 29.0 Å². The van der Waals surface area contributed by atoms with Crippen molar-refractivity contribution in [2.45, 2.75) is 19.3 Å². The van der Waals surface area contributed by atoms with Gasteiger partial charge < -0.3 is 14.6 Å². The fourth-order valence-corrected chi connectivity index (χ4v) is 4.29. The van der Waals surface area contributed by atoms with Crippen LogP contribution in [0.2, 0.25) is 5.02 Å². The van der Waals surface area contributed by atoms with E-state index in [1.165, 1.54) is 7.11 Å². The minimum absolute atomic E-state index is 0.141. The van der Waals surface area contributed by atoms with Crippen LogP contribution in [0.5, 0.6) is 5.75 Å². The van der Waals surface area contributed by atoms with Gasteiger partial charge in [-0.05, 0) is 60.5 Å². The summed E-state index contributed by atoms with van der Waals surface area (Å²) in [6.45, 7) is 1.45. The number of carboxylic acids is 1. The number of carbonyl (C=O) groups is 3. The number of aromatic nitrogens is 1. The summed E-state index contributed by atoms with van der Waals surface area (Å²) in [7, 11) is 1.54. The summed E-state index contributed by atoms with van der Waals surface area (Å²) < 4.78 is 12.3. The highest BCUT2D eigenvalue weighted by Crippen LogP contribution is 2.31. The number of nitrogens with zero attached hydrogens (tertiary/aromatic N) is 1. The molecule has 0 amide bonds. The molecule has 1 heterocycles. The molecule has 1 aromatic heterocycles. The molecule has 0 saturated heterocycles. The lowest BCUT2D eigenvalue weighted by atomic mass is 10.0. The summed E-state index contributed by atoms with van der Waals surface area (Å²) in [6, 6.07) is 20.4. The van der Waals surface area contributed by atoms with Gasteiger partial charge in [-0.2, -0.15) is 0 Å². The van der Waals surface area contributed by atoms with Crippen LogP contribution in [0.1, 0.15) is 33.1 Å². The van der Waals surface area contributed by atoms with Gasteiger partial charge in [0.1, 0.15) is 18.3 Å². The normalized spacial score (nSPS) is 11.8. The zero-order valence-corrected chi connectivity index (χ0v) is 20.5. The van der Waals surface area contributed by atoms with Gasteiger partial charge in [-0.1, -0.05) is 41.9 Å². The molecule has 0 saturated carbocycles. The number of rotatable bonds is 8. The molecule has 8 heteroatoms. The van der Waals surface area contributed by atoms with E-state index < -0.39 is 17.9 Å². The van der Waals surface area contributed by atoms with Crippen LogP contribution in [0.25, 0.3) is 10.9 Å². The average molecular weight is 506 g/mol. The molecule has 0 spiro atoms. The molecule has 0 unspecified atom stereocenters. The van der Waals surface area contributed by atoms with Crippen LogP contribution < -0.4 is 4.74 Å². The molecular weight excluding hydrogens is 482 g/mol. The van der Waals surface area contributed by atoms with Crippen LogP contribution in [0.15, 0.2) is 72.8 Å². The van der Waals surface area contributed by atoms with Crippen molar-refractivity contribution >= 4 is 40.3 Å². The molecule has 184 valence electrons. The number of halogens is 1. The highest BCUT2D eigenvalue weighted by Gasteiger charge is 2.25. The lowest BCUT2D eigenvalue weighted by Gasteiger charge is -2.13. The van der Waals surface area contributed by atoms with Crippen LogP contribution in [-0.2, 0) is 20.7 Å². The minimum atomic E-state index is -1.08. The molecule has 4 aromatic rings. The molecule has 0 bridgehead atoms. The predicted octanol–water partition coefficient (Wildman–Crippen LogP) is 5.25. The van der Waals surface area contributed by atoms with E-state index in [4.69, 9.17) is 21.1 Å². The molecule has 3 aromatic carbocycles. The molecular formula is C28H24ClNO6. The van der Waals surface area contributed by atoms with Crippen molar-refractivity contribution in [3.63, 3.8) is 0 Å². The quantitative estimate of drug-likeness (QED) is 0.328. The SMILES string of the molecule is COc1ccc2c(c1)c(CC(=O)OC[C@H](C(=O)O)c1ccccc1)c(C)n2C(=O)c1ccc(Cl)cc1. The first kappa shape index (κ1) is 25.0. The number of hydrogen-bond acceptors (Lipinski definition) is 5. The van der Waals surface area contributed by atoms with Crippen LogP contribution in [0.3, 0.4) is 0 Å². The van der Waals surface area contributed by atoms with Gasteiger partial charge in [0.05, 0.1) is 19.0 Å². The smallest absolute Gasteiger partial charge is 0.314 e. The minimum Gasteiger partial charge on any atom is -0.497 e. The molecule has 1 atom stereocenters. The van der Waals surface area contributed by atoms with Gasteiger partial charge in [0.2, 0.25) is 0 Å². The maximum atomic E-state index is 13.4. The number of methoxy groups -OCH3 is 1. The fourth-order valence-electron chi connectivity index (χ4n) is 4.16. The molecule has 0 radical (unpaired) electrons. The van der Waals surface area contributed by atoms with E-state index in [1.807, 2.05) is 0 Å². The van der Waals surface area contributed by atoms with Crippen LogP contribution in [-0.4, -0.2) is 41.2 Å². The first-order valence-electron chi connectivity index (χ1n) is 11.2.